The number of pyridine rings is 1. The van der Waals surface area contributed by atoms with Gasteiger partial charge in [-0.05, 0) is 49.4 Å². The normalized spacial score (nSPS) is 23.3. The van der Waals surface area contributed by atoms with Gasteiger partial charge in [-0.2, -0.15) is 0 Å². The SMILES string of the molecule is C[C@H]1CC[C@@H]2C(=O)N(c3cccc(-c4cc(C(=O)[O-])c5ccccc5n4)c3)C(=O)[C@@H]2C1. The van der Waals surface area contributed by atoms with Crippen LogP contribution in [0.5, 0.6) is 0 Å². The van der Waals surface area contributed by atoms with E-state index in [1.54, 1.807) is 48.5 Å². The first kappa shape index (κ1) is 19.4. The molecule has 2 aliphatic rings. The lowest BCUT2D eigenvalue weighted by atomic mass is 9.76. The smallest absolute Gasteiger partial charge is 0.237 e. The van der Waals surface area contributed by atoms with Crippen LogP contribution in [0.4, 0.5) is 5.69 Å². The molecule has 3 atom stereocenters. The van der Waals surface area contributed by atoms with E-state index in [2.05, 4.69) is 11.9 Å². The van der Waals surface area contributed by atoms with Crippen LogP contribution in [0.2, 0.25) is 0 Å². The van der Waals surface area contributed by atoms with E-state index >= 15 is 0 Å². The zero-order chi connectivity index (χ0) is 21.7. The summed E-state index contributed by atoms with van der Waals surface area (Å²) in [5, 5.41) is 12.2. The Balaban J connectivity index is 1.57. The van der Waals surface area contributed by atoms with Gasteiger partial charge in [0.25, 0.3) is 0 Å². The molecule has 3 aromatic rings. The molecule has 0 N–H and O–H groups in total. The molecule has 1 aliphatic carbocycles. The number of benzene rings is 2. The van der Waals surface area contributed by atoms with Crippen molar-refractivity contribution in [1.29, 1.82) is 0 Å². The number of aromatic nitrogens is 1. The molecule has 156 valence electrons. The summed E-state index contributed by atoms with van der Waals surface area (Å²) < 4.78 is 0. The van der Waals surface area contributed by atoms with Crippen molar-refractivity contribution in [2.45, 2.75) is 26.2 Å². The number of rotatable bonds is 3. The average Bonchev–Trinajstić information content (AvgIpc) is 3.02. The Morgan fingerprint density at radius 1 is 1.00 bits per heavy atom. The van der Waals surface area contributed by atoms with Gasteiger partial charge in [0, 0.05) is 16.5 Å². The molecule has 0 radical (unpaired) electrons. The lowest BCUT2D eigenvalue weighted by Crippen LogP contribution is -2.30. The number of para-hydroxylation sites is 1. The number of aromatic carboxylic acids is 1. The number of imide groups is 1. The van der Waals surface area contributed by atoms with E-state index in [1.807, 2.05) is 0 Å². The lowest BCUT2D eigenvalue weighted by Gasteiger charge is -2.25. The maximum absolute atomic E-state index is 13.1. The van der Waals surface area contributed by atoms with Gasteiger partial charge in [0.05, 0.1) is 34.7 Å². The Hall–Kier alpha value is -3.54. The fourth-order valence-electron chi connectivity index (χ4n) is 4.94. The first-order valence-corrected chi connectivity index (χ1v) is 10.5. The zero-order valence-corrected chi connectivity index (χ0v) is 17.1. The van der Waals surface area contributed by atoms with Crippen molar-refractivity contribution in [2.24, 2.45) is 17.8 Å². The van der Waals surface area contributed by atoms with Crippen LogP contribution in [0.25, 0.3) is 22.2 Å². The Morgan fingerprint density at radius 2 is 1.77 bits per heavy atom. The highest BCUT2D eigenvalue weighted by atomic mass is 16.4. The minimum absolute atomic E-state index is 0.0549. The zero-order valence-electron chi connectivity index (χ0n) is 17.1. The van der Waals surface area contributed by atoms with Gasteiger partial charge in [0.2, 0.25) is 11.8 Å². The van der Waals surface area contributed by atoms with Gasteiger partial charge in [0.15, 0.2) is 0 Å². The number of amides is 2. The molecule has 0 unspecified atom stereocenters. The van der Waals surface area contributed by atoms with Crippen LogP contribution < -0.4 is 10.0 Å². The molecule has 1 saturated heterocycles. The average molecular weight is 413 g/mol. The predicted molar refractivity (Wildman–Crippen MR) is 114 cm³/mol. The van der Waals surface area contributed by atoms with E-state index in [1.165, 1.54) is 11.0 Å². The third-order valence-corrected chi connectivity index (χ3v) is 6.52. The topological polar surface area (TPSA) is 90.4 Å². The molecule has 31 heavy (non-hydrogen) atoms. The molecule has 2 fully saturated rings. The van der Waals surface area contributed by atoms with Crippen molar-refractivity contribution in [3.8, 4) is 11.3 Å². The Labute approximate surface area is 179 Å². The van der Waals surface area contributed by atoms with Crippen LogP contribution >= 0.6 is 0 Å². The number of carbonyl (C=O) groups is 3. The monoisotopic (exact) mass is 413 g/mol. The summed E-state index contributed by atoms with van der Waals surface area (Å²) in [5.74, 6) is -1.60. The third-order valence-electron chi connectivity index (χ3n) is 6.52. The molecule has 6 heteroatoms. The summed E-state index contributed by atoms with van der Waals surface area (Å²) in [4.78, 5) is 43.7. The summed E-state index contributed by atoms with van der Waals surface area (Å²) >= 11 is 0. The maximum atomic E-state index is 13.1. The Kier molecular flexibility index (Phi) is 4.58. The van der Waals surface area contributed by atoms with E-state index in [0.29, 0.717) is 33.8 Å². The number of hydrogen-bond acceptors (Lipinski definition) is 5. The molecule has 5 rings (SSSR count). The van der Waals surface area contributed by atoms with Gasteiger partial charge >= 0.3 is 0 Å². The highest BCUT2D eigenvalue weighted by Crippen LogP contribution is 2.42. The fourth-order valence-corrected chi connectivity index (χ4v) is 4.94. The summed E-state index contributed by atoms with van der Waals surface area (Å²) in [5.41, 5.74) is 2.18. The molecule has 0 spiro atoms. The molecular formula is C25H21N2O4-. The lowest BCUT2D eigenvalue weighted by molar-refractivity contribution is -0.254. The summed E-state index contributed by atoms with van der Waals surface area (Å²) in [7, 11) is 0. The molecule has 2 heterocycles. The van der Waals surface area contributed by atoms with Gasteiger partial charge < -0.3 is 9.90 Å². The molecule has 1 aromatic heterocycles. The van der Waals surface area contributed by atoms with Crippen molar-refractivity contribution in [3.63, 3.8) is 0 Å². The number of carboxylic acids is 1. The van der Waals surface area contributed by atoms with Gasteiger partial charge in [-0.3, -0.25) is 14.5 Å². The highest BCUT2D eigenvalue weighted by Gasteiger charge is 2.49. The van der Waals surface area contributed by atoms with Crippen LogP contribution in [-0.4, -0.2) is 22.8 Å². The van der Waals surface area contributed by atoms with Crippen LogP contribution in [0.15, 0.2) is 54.6 Å². The number of nitrogens with zero attached hydrogens (tertiary/aromatic N) is 2. The van der Waals surface area contributed by atoms with Crippen molar-refractivity contribution >= 4 is 34.4 Å². The summed E-state index contributed by atoms with van der Waals surface area (Å²) in [6.07, 6.45) is 2.45. The molecule has 1 aliphatic heterocycles. The number of carbonyl (C=O) groups excluding carboxylic acids is 3. The first-order chi connectivity index (χ1) is 14.9. The predicted octanol–water partition coefficient (Wildman–Crippen LogP) is 3.19. The molecule has 1 saturated carbocycles. The minimum Gasteiger partial charge on any atom is -0.545 e. The van der Waals surface area contributed by atoms with Crippen LogP contribution in [0.3, 0.4) is 0 Å². The van der Waals surface area contributed by atoms with E-state index < -0.39 is 5.97 Å². The second kappa shape index (κ2) is 7.30. The highest BCUT2D eigenvalue weighted by molar-refractivity contribution is 6.22. The standard InChI is InChI=1S/C25H22N2O4/c1-14-9-10-18-19(11-14)24(29)27(23(18)28)16-6-4-5-15(12-16)22-13-20(25(30)31)17-7-2-3-8-21(17)26-22/h2-8,12-14,18-19H,9-11H2,1H3,(H,30,31)/p-1/t14-,18-,19+/m0/s1. The van der Waals surface area contributed by atoms with Crippen molar-refractivity contribution in [2.75, 3.05) is 4.90 Å². The van der Waals surface area contributed by atoms with Gasteiger partial charge in [-0.1, -0.05) is 37.3 Å². The Morgan fingerprint density at radius 3 is 2.58 bits per heavy atom. The second-order valence-electron chi connectivity index (χ2n) is 8.55. The van der Waals surface area contributed by atoms with Crippen LogP contribution in [0, 0.1) is 17.8 Å². The van der Waals surface area contributed by atoms with Gasteiger partial charge in [-0.25, -0.2) is 4.98 Å². The second-order valence-corrected chi connectivity index (χ2v) is 8.55. The van der Waals surface area contributed by atoms with Crippen molar-refractivity contribution in [1.82, 2.24) is 4.98 Å². The van der Waals surface area contributed by atoms with E-state index in [0.717, 1.165) is 19.3 Å². The molecule has 2 aromatic carbocycles. The van der Waals surface area contributed by atoms with E-state index in [-0.39, 0.29) is 29.2 Å². The van der Waals surface area contributed by atoms with Crippen molar-refractivity contribution < 1.29 is 19.5 Å². The number of carboxylic acid groups (broad SMARTS) is 1. The first-order valence-electron chi connectivity index (χ1n) is 10.5. The van der Waals surface area contributed by atoms with Gasteiger partial charge in [0.1, 0.15) is 0 Å². The number of fused-ring (bicyclic) bond motifs is 2. The molecule has 0 bridgehead atoms. The number of hydrogen-bond donors (Lipinski definition) is 0. The largest absolute Gasteiger partial charge is 0.545 e. The molecule has 2 amide bonds. The van der Waals surface area contributed by atoms with Gasteiger partial charge in [-0.15, -0.1) is 0 Å². The Bertz CT molecular complexity index is 1240. The minimum atomic E-state index is -1.28. The maximum Gasteiger partial charge on any atom is 0.237 e. The summed E-state index contributed by atoms with van der Waals surface area (Å²) in [6, 6.07) is 15.5. The van der Waals surface area contributed by atoms with E-state index in [4.69, 9.17) is 0 Å². The molecule has 6 nitrogen and oxygen atoms in total. The third kappa shape index (κ3) is 3.19. The van der Waals surface area contributed by atoms with Crippen molar-refractivity contribution in [3.05, 3.63) is 60.2 Å². The molecular weight excluding hydrogens is 392 g/mol. The quantitative estimate of drug-likeness (QED) is 0.615. The van der Waals surface area contributed by atoms with E-state index in [9.17, 15) is 19.5 Å². The van der Waals surface area contributed by atoms with Crippen LogP contribution in [-0.2, 0) is 9.59 Å². The fraction of sp³-hybridized carbons (Fsp3) is 0.280. The van der Waals surface area contributed by atoms with Crippen LogP contribution in [0.1, 0.15) is 36.5 Å². The number of anilines is 1. The summed E-state index contributed by atoms with van der Waals surface area (Å²) in [6.45, 7) is 2.12.